The molecule has 2 aromatic rings. The molecular formula is C16H15Br2FO2. The molecule has 0 N–H and O–H groups in total. The van der Waals surface area contributed by atoms with Gasteiger partial charge in [-0.05, 0) is 42.3 Å². The lowest BCUT2D eigenvalue weighted by molar-refractivity contribution is 0.340. The lowest BCUT2D eigenvalue weighted by atomic mass is 10.0. The van der Waals surface area contributed by atoms with E-state index in [1.165, 1.54) is 13.2 Å². The second-order valence-electron chi connectivity index (χ2n) is 4.37. The fourth-order valence-corrected chi connectivity index (χ4v) is 3.56. The first kappa shape index (κ1) is 16.3. The van der Waals surface area contributed by atoms with Crippen molar-refractivity contribution >= 4 is 31.9 Å². The van der Waals surface area contributed by atoms with Gasteiger partial charge in [-0.2, -0.15) is 0 Å². The van der Waals surface area contributed by atoms with Gasteiger partial charge in [0.2, 0.25) is 0 Å². The van der Waals surface area contributed by atoms with E-state index in [1.54, 1.807) is 12.1 Å². The zero-order valence-corrected chi connectivity index (χ0v) is 14.9. The third-order valence-electron chi connectivity index (χ3n) is 3.02. The Labute approximate surface area is 140 Å². The summed E-state index contributed by atoms with van der Waals surface area (Å²) in [6.45, 7) is 2.57. The first-order valence-electron chi connectivity index (χ1n) is 6.46. The molecule has 0 radical (unpaired) electrons. The molecule has 0 saturated carbocycles. The smallest absolute Gasteiger partial charge is 0.165 e. The second kappa shape index (κ2) is 7.27. The minimum absolute atomic E-state index is 0.0722. The van der Waals surface area contributed by atoms with E-state index >= 15 is 0 Å². The Morgan fingerprint density at radius 1 is 1.19 bits per heavy atom. The van der Waals surface area contributed by atoms with E-state index in [4.69, 9.17) is 9.47 Å². The highest BCUT2D eigenvalue weighted by Gasteiger charge is 2.16. The summed E-state index contributed by atoms with van der Waals surface area (Å²) in [4.78, 5) is -0.0722. The van der Waals surface area contributed by atoms with Crippen LogP contribution in [0.15, 0.2) is 40.9 Å². The van der Waals surface area contributed by atoms with Crippen molar-refractivity contribution in [2.45, 2.75) is 11.8 Å². The molecule has 0 fully saturated rings. The molecule has 0 aliphatic rings. The fourth-order valence-electron chi connectivity index (χ4n) is 1.98. The SMILES string of the molecule is CCOc1ccc(C(Br)c2ccc(F)c(OC)c2)c(Br)c1. The number of ether oxygens (including phenoxy) is 2. The molecule has 1 atom stereocenters. The van der Waals surface area contributed by atoms with Gasteiger partial charge in [0.1, 0.15) is 5.75 Å². The summed E-state index contributed by atoms with van der Waals surface area (Å²) in [6.07, 6.45) is 0. The maximum Gasteiger partial charge on any atom is 0.165 e. The standard InChI is InChI=1S/C16H15Br2FO2/c1-3-21-11-5-6-12(13(17)9-11)16(18)10-4-7-14(19)15(8-10)20-2/h4-9,16H,3H2,1-2H3. The van der Waals surface area contributed by atoms with Gasteiger partial charge >= 0.3 is 0 Å². The second-order valence-corrected chi connectivity index (χ2v) is 6.14. The summed E-state index contributed by atoms with van der Waals surface area (Å²) < 4.78 is 24.9. The Kier molecular flexibility index (Phi) is 5.65. The van der Waals surface area contributed by atoms with Gasteiger partial charge < -0.3 is 9.47 Å². The van der Waals surface area contributed by atoms with Gasteiger partial charge in [-0.25, -0.2) is 4.39 Å². The maximum absolute atomic E-state index is 13.5. The topological polar surface area (TPSA) is 18.5 Å². The van der Waals surface area contributed by atoms with Crippen LogP contribution in [0.3, 0.4) is 0 Å². The number of hydrogen-bond donors (Lipinski definition) is 0. The average molecular weight is 418 g/mol. The number of halogens is 3. The van der Waals surface area contributed by atoms with Crippen LogP contribution in [0.25, 0.3) is 0 Å². The molecule has 21 heavy (non-hydrogen) atoms. The lowest BCUT2D eigenvalue weighted by Gasteiger charge is -2.15. The third kappa shape index (κ3) is 3.77. The molecule has 0 aliphatic heterocycles. The van der Waals surface area contributed by atoms with Gasteiger partial charge in [-0.3, -0.25) is 0 Å². The highest BCUT2D eigenvalue weighted by atomic mass is 79.9. The summed E-state index contributed by atoms with van der Waals surface area (Å²) in [5, 5.41) is 0. The van der Waals surface area contributed by atoms with Crippen LogP contribution in [-0.4, -0.2) is 13.7 Å². The molecule has 5 heteroatoms. The molecule has 2 aromatic carbocycles. The molecule has 0 amide bonds. The average Bonchev–Trinajstić information content (AvgIpc) is 2.47. The van der Waals surface area contributed by atoms with E-state index in [1.807, 2.05) is 25.1 Å². The van der Waals surface area contributed by atoms with Crippen LogP contribution >= 0.6 is 31.9 Å². The molecule has 0 aliphatic carbocycles. The maximum atomic E-state index is 13.5. The quantitative estimate of drug-likeness (QED) is 0.599. The number of alkyl halides is 1. The van der Waals surface area contributed by atoms with Gasteiger partial charge in [-0.15, -0.1) is 0 Å². The summed E-state index contributed by atoms with van der Waals surface area (Å²) in [7, 11) is 1.46. The number of hydrogen-bond acceptors (Lipinski definition) is 2. The Hall–Kier alpha value is -1.07. The van der Waals surface area contributed by atoms with Crippen molar-refractivity contribution in [1.29, 1.82) is 0 Å². The van der Waals surface area contributed by atoms with Crippen molar-refractivity contribution < 1.29 is 13.9 Å². The molecule has 2 rings (SSSR count). The number of methoxy groups -OCH3 is 1. The van der Waals surface area contributed by atoms with Crippen molar-refractivity contribution in [1.82, 2.24) is 0 Å². The van der Waals surface area contributed by atoms with E-state index in [0.717, 1.165) is 21.3 Å². The van der Waals surface area contributed by atoms with Gasteiger partial charge in [0.25, 0.3) is 0 Å². The highest BCUT2D eigenvalue weighted by Crippen LogP contribution is 2.38. The molecule has 0 spiro atoms. The minimum atomic E-state index is -0.369. The van der Waals surface area contributed by atoms with E-state index in [2.05, 4.69) is 31.9 Å². The van der Waals surface area contributed by atoms with Crippen molar-refractivity contribution in [3.8, 4) is 11.5 Å². The van der Waals surface area contributed by atoms with Crippen LogP contribution < -0.4 is 9.47 Å². The molecular weight excluding hydrogens is 403 g/mol. The van der Waals surface area contributed by atoms with Gasteiger partial charge in [0.15, 0.2) is 11.6 Å². The third-order valence-corrected chi connectivity index (χ3v) is 4.73. The van der Waals surface area contributed by atoms with Crippen LogP contribution in [0.4, 0.5) is 4.39 Å². The predicted molar refractivity (Wildman–Crippen MR) is 89.0 cm³/mol. The molecule has 0 saturated heterocycles. The van der Waals surface area contributed by atoms with Crippen LogP contribution in [0, 0.1) is 5.82 Å². The zero-order chi connectivity index (χ0) is 15.4. The Bertz CT molecular complexity index is 632. The molecule has 112 valence electrons. The Morgan fingerprint density at radius 2 is 1.95 bits per heavy atom. The number of benzene rings is 2. The minimum Gasteiger partial charge on any atom is -0.494 e. The largest absolute Gasteiger partial charge is 0.494 e. The predicted octanol–water partition coefficient (Wildman–Crippen LogP) is 5.48. The fraction of sp³-hybridized carbons (Fsp3) is 0.250. The zero-order valence-electron chi connectivity index (χ0n) is 11.7. The molecule has 1 unspecified atom stereocenters. The van der Waals surface area contributed by atoms with Crippen molar-refractivity contribution in [3.05, 3.63) is 57.8 Å². The van der Waals surface area contributed by atoms with Gasteiger partial charge in [-0.1, -0.05) is 44.0 Å². The van der Waals surface area contributed by atoms with Crippen LogP contribution in [0.2, 0.25) is 0 Å². The normalized spacial score (nSPS) is 12.0. The van der Waals surface area contributed by atoms with E-state index in [9.17, 15) is 4.39 Å². The first-order valence-corrected chi connectivity index (χ1v) is 8.17. The van der Waals surface area contributed by atoms with Gasteiger partial charge in [0, 0.05) is 4.47 Å². The summed E-state index contributed by atoms with van der Waals surface area (Å²) in [5.74, 6) is 0.676. The Morgan fingerprint density at radius 3 is 2.57 bits per heavy atom. The summed E-state index contributed by atoms with van der Waals surface area (Å²) >= 11 is 7.20. The summed E-state index contributed by atoms with van der Waals surface area (Å²) in [6, 6.07) is 10.7. The van der Waals surface area contributed by atoms with Gasteiger partial charge in [0.05, 0.1) is 18.5 Å². The van der Waals surface area contributed by atoms with Crippen molar-refractivity contribution in [2.24, 2.45) is 0 Å². The van der Waals surface area contributed by atoms with Crippen molar-refractivity contribution in [2.75, 3.05) is 13.7 Å². The lowest BCUT2D eigenvalue weighted by Crippen LogP contribution is -1.98. The monoisotopic (exact) mass is 416 g/mol. The first-order chi connectivity index (χ1) is 10.1. The van der Waals surface area contributed by atoms with E-state index in [0.29, 0.717) is 6.61 Å². The van der Waals surface area contributed by atoms with Crippen LogP contribution in [0.1, 0.15) is 22.9 Å². The van der Waals surface area contributed by atoms with E-state index < -0.39 is 0 Å². The molecule has 0 bridgehead atoms. The van der Waals surface area contributed by atoms with Crippen LogP contribution in [0.5, 0.6) is 11.5 Å². The summed E-state index contributed by atoms with van der Waals surface area (Å²) in [5.41, 5.74) is 1.95. The highest BCUT2D eigenvalue weighted by molar-refractivity contribution is 9.11. The molecule has 2 nitrogen and oxygen atoms in total. The molecule has 0 aromatic heterocycles. The van der Waals surface area contributed by atoms with Crippen molar-refractivity contribution in [3.63, 3.8) is 0 Å². The number of rotatable bonds is 5. The Balaban J connectivity index is 2.33. The van der Waals surface area contributed by atoms with E-state index in [-0.39, 0.29) is 16.4 Å². The molecule has 0 heterocycles. The van der Waals surface area contributed by atoms with Crippen LogP contribution in [-0.2, 0) is 0 Å².